The zero-order valence-electron chi connectivity index (χ0n) is 16.4. The van der Waals surface area contributed by atoms with Gasteiger partial charge < -0.3 is 19.3 Å². The summed E-state index contributed by atoms with van der Waals surface area (Å²) in [6.07, 6.45) is -0.843. The minimum atomic E-state index is -1.22. The minimum absolute atomic E-state index is 0.103. The molecule has 0 aromatic heterocycles. The summed E-state index contributed by atoms with van der Waals surface area (Å²) in [5, 5.41) is 9.01. The lowest BCUT2D eigenvalue weighted by molar-refractivity contribution is -0.149. The third kappa shape index (κ3) is 6.61. The van der Waals surface area contributed by atoms with Crippen molar-refractivity contribution in [2.24, 2.45) is 0 Å². The average molecular weight is 388 g/mol. The molecule has 1 heterocycles. The van der Waals surface area contributed by atoms with Gasteiger partial charge in [0.1, 0.15) is 18.2 Å². The molecule has 27 heavy (non-hydrogen) atoms. The number of carboxylic acids is 1. The van der Waals surface area contributed by atoms with Crippen molar-refractivity contribution in [1.29, 1.82) is 0 Å². The van der Waals surface area contributed by atoms with Gasteiger partial charge in [-0.1, -0.05) is 0 Å². The molecule has 0 saturated carbocycles. The maximum absolute atomic E-state index is 12.7. The molecular formula is C17H28N2O8. The molecule has 154 valence electrons. The number of methoxy groups -OCH3 is 1. The largest absolute Gasteiger partial charge is 0.480 e. The van der Waals surface area contributed by atoms with E-state index in [1.165, 1.54) is 4.90 Å². The summed E-state index contributed by atoms with van der Waals surface area (Å²) < 4.78 is 15.0. The van der Waals surface area contributed by atoms with Crippen LogP contribution in [0, 0.1) is 0 Å². The van der Waals surface area contributed by atoms with Crippen molar-refractivity contribution in [1.82, 2.24) is 9.80 Å². The van der Waals surface area contributed by atoms with Crippen LogP contribution in [0.2, 0.25) is 0 Å². The molecule has 1 fully saturated rings. The second-order valence-corrected chi connectivity index (χ2v) is 7.13. The molecular weight excluding hydrogens is 360 g/mol. The van der Waals surface area contributed by atoms with E-state index in [2.05, 4.69) is 4.74 Å². The van der Waals surface area contributed by atoms with Gasteiger partial charge in [0.2, 0.25) is 0 Å². The topological polar surface area (TPSA) is 123 Å². The number of esters is 1. The van der Waals surface area contributed by atoms with Crippen molar-refractivity contribution in [2.45, 2.75) is 58.2 Å². The van der Waals surface area contributed by atoms with Gasteiger partial charge in [0.15, 0.2) is 0 Å². The number of likely N-dealkylation sites (tertiary alicyclic amines) is 1. The van der Waals surface area contributed by atoms with Crippen molar-refractivity contribution in [2.75, 3.05) is 26.8 Å². The van der Waals surface area contributed by atoms with E-state index in [1.54, 1.807) is 27.7 Å². The van der Waals surface area contributed by atoms with Crippen molar-refractivity contribution in [3.05, 3.63) is 0 Å². The maximum atomic E-state index is 12.7. The van der Waals surface area contributed by atoms with Crippen LogP contribution in [0.4, 0.5) is 9.59 Å². The molecule has 0 bridgehead atoms. The second-order valence-electron chi connectivity index (χ2n) is 7.13. The van der Waals surface area contributed by atoms with Crippen molar-refractivity contribution >= 4 is 24.1 Å². The van der Waals surface area contributed by atoms with Crippen LogP contribution >= 0.6 is 0 Å². The number of ether oxygens (including phenoxy) is 3. The number of nitrogens with zero attached hydrogens (tertiary/aromatic N) is 2. The summed E-state index contributed by atoms with van der Waals surface area (Å²) in [6.45, 7) is 6.22. The van der Waals surface area contributed by atoms with Gasteiger partial charge in [0.05, 0.1) is 19.8 Å². The summed E-state index contributed by atoms with van der Waals surface area (Å²) in [5.41, 5.74) is -0.785. The first-order valence-corrected chi connectivity index (χ1v) is 8.72. The summed E-state index contributed by atoms with van der Waals surface area (Å²) in [6, 6.07) is -1.46. The lowest BCUT2D eigenvalue weighted by atomic mass is 10.2. The number of carbonyl (C=O) groups excluding carboxylic acids is 3. The van der Waals surface area contributed by atoms with Gasteiger partial charge in [-0.25, -0.2) is 14.4 Å². The van der Waals surface area contributed by atoms with Gasteiger partial charge in [-0.3, -0.25) is 14.6 Å². The molecule has 0 radical (unpaired) electrons. The number of carbonyl (C=O) groups is 4. The third-order valence-electron chi connectivity index (χ3n) is 3.86. The number of amides is 2. The second kappa shape index (κ2) is 9.43. The van der Waals surface area contributed by atoms with E-state index in [4.69, 9.17) is 14.6 Å². The Hall–Kier alpha value is -2.52. The smallest absolute Gasteiger partial charge is 0.411 e. The van der Waals surface area contributed by atoms with Crippen LogP contribution in [-0.4, -0.2) is 83.5 Å². The van der Waals surface area contributed by atoms with Crippen molar-refractivity contribution in [3.8, 4) is 0 Å². The molecule has 1 aliphatic rings. The van der Waals surface area contributed by atoms with E-state index in [0.29, 0.717) is 12.8 Å². The fourth-order valence-electron chi connectivity index (χ4n) is 2.87. The van der Waals surface area contributed by atoms with Gasteiger partial charge in [-0.15, -0.1) is 0 Å². The number of rotatable bonds is 6. The van der Waals surface area contributed by atoms with Gasteiger partial charge in [-0.2, -0.15) is 0 Å². The Morgan fingerprint density at radius 2 is 1.81 bits per heavy atom. The molecule has 2 atom stereocenters. The number of carboxylic acid groups (broad SMARTS) is 1. The summed E-state index contributed by atoms with van der Waals surface area (Å²) in [4.78, 5) is 50.0. The van der Waals surface area contributed by atoms with Crippen LogP contribution in [0.1, 0.15) is 40.5 Å². The fourth-order valence-corrected chi connectivity index (χ4v) is 2.87. The van der Waals surface area contributed by atoms with Crippen LogP contribution in [0.25, 0.3) is 0 Å². The molecule has 0 aromatic carbocycles. The Kier molecular flexibility index (Phi) is 7.86. The van der Waals surface area contributed by atoms with Crippen LogP contribution in [-0.2, 0) is 23.8 Å². The molecule has 0 aliphatic carbocycles. The first kappa shape index (κ1) is 22.5. The molecule has 1 aliphatic heterocycles. The molecule has 10 nitrogen and oxygen atoms in total. The Labute approximate surface area is 158 Å². The number of hydrogen-bond acceptors (Lipinski definition) is 7. The van der Waals surface area contributed by atoms with E-state index in [-0.39, 0.29) is 13.2 Å². The Bertz CT molecular complexity index is 572. The van der Waals surface area contributed by atoms with E-state index in [1.807, 2.05) is 0 Å². The Morgan fingerprint density at radius 1 is 1.19 bits per heavy atom. The fraction of sp³-hybridized carbons (Fsp3) is 0.765. The first-order chi connectivity index (χ1) is 12.5. The Balaban J connectivity index is 3.06. The lowest BCUT2D eigenvalue weighted by Gasteiger charge is -2.33. The Morgan fingerprint density at radius 3 is 2.30 bits per heavy atom. The summed E-state index contributed by atoms with van der Waals surface area (Å²) in [7, 11) is 1.14. The first-order valence-electron chi connectivity index (χ1n) is 8.72. The molecule has 0 spiro atoms. The molecule has 10 heteroatoms. The van der Waals surface area contributed by atoms with Crippen molar-refractivity contribution in [3.63, 3.8) is 0 Å². The summed E-state index contributed by atoms with van der Waals surface area (Å²) in [5.74, 6) is -1.78. The molecule has 0 aromatic rings. The SMILES string of the molecule is CCOC(=O)[C@@H]1CC[C@@H](CN(CC(=O)O)C(=O)OC)N1C(=O)OC(C)(C)C. The summed E-state index contributed by atoms with van der Waals surface area (Å²) >= 11 is 0. The van der Waals surface area contributed by atoms with Gasteiger partial charge in [0.25, 0.3) is 0 Å². The number of hydrogen-bond donors (Lipinski definition) is 1. The minimum Gasteiger partial charge on any atom is -0.480 e. The highest BCUT2D eigenvalue weighted by molar-refractivity contribution is 5.83. The predicted molar refractivity (Wildman–Crippen MR) is 93.1 cm³/mol. The zero-order valence-corrected chi connectivity index (χ0v) is 16.4. The highest BCUT2D eigenvalue weighted by atomic mass is 16.6. The third-order valence-corrected chi connectivity index (χ3v) is 3.86. The maximum Gasteiger partial charge on any atom is 0.411 e. The van der Waals surface area contributed by atoms with Crippen molar-refractivity contribution < 1.29 is 38.5 Å². The lowest BCUT2D eigenvalue weighted by Crippen LogP contribution is -2.52. The van der Waals surface area contributed by atoms with E-state index < -0.39 is 48.4 Å². The average Bonchev–Trinajstić information content (AvgIpc) is 2.95. The quantitative estimate of drug-likeness (QED) is 0.536. The standard InChI is InChI=1S/C17H28N2O8/c1-6-26-14(22)12-8-7-11(19(12)16(24)27-17(2,3)4)9-18(10-13(20)21)15(23)25-5/h11-12H,6-10H2,1-5H3,(H,20,21)/t11-,12-/m0/s1. The molecule has 2 amide bonds. The molecule has 1 N–H and O–H groups in total. The van der Waals surface area contributed by atoms with Crippen LogP contribution in [0.15, 0.2) is 0 Å². The van der Waals surface area contributed by atoms with Crippen LogP contribution in [0.3, 0.4) is 0 Å². The molecule has 1 saturated heterocycles. The van der Waals surface area contributed by atoms with Crippen LogP contribution in [0.5, 0.6) is 0 Å². The highest BCUT2D eigenvalue weighted by Crippen LogP contribution is 2.28. The van der Waals surface area contributed by atoms with Gasteiger partial charge in [0, 0.05) is 6.54 Å². The molecule has 1 rings (SSSR count). The highest BCUT2D eigenvalue weighted by Gasteiger charge is 2.44. The monoisotopic (exact) mass is 388 g/mol. The van der Waals surface area contributed by atoms with Gasteiger partial charge in [-0.05, 0) is 40.5 Å². The van der Waals surface area contributed by atoms with Gasteiger partial charge >= 0.3 is 24.1 Å². The van der Waals surface area contributed by atoms with E-state index in [0.717, 1.165) is 12.0 Å². The van der Waals surface area contributed by atoms with Crippen LogP contribution < -0.4 is 0 Å². The normalized spacial score (nSPS) is 19.4. The zero-order chi connectivity index (χ0) is 20.8. The predicted octanol–water partition coefficient (Wildman–Crippen LogP) is 1.47. The van der Waals surface area contributed by atoms with E-state index in [9.17, 15) is 19.2 Å². The molecule has 0 unspecified atom stereocenters. The van der Waals surface area contributed by atoms with E-state index >= 15 is 0 Å². The number of aliphatic carboxylic acids is 1.